The molecule has 35 heavy (non-hydrogen) atoms. The number of rotatable bonds is 20. The average Bonchev–Trinajstić information content (AvgIpc) is 2.87. The standard InChI is InChI=1S/C26H52N2O5S2/c1-31-25-13-9-23(10-14-25)7-3-5-17-27-19-21-33-35(29,30)34-22-20-28-18-6-4-8-24-11-15-26(32-2)16-12-24/h23-28H,3-22H2,1-2H3. The third-order valence-electron chi connectivity index (χ3n) is 7.70. The fourth-order valence-electron chi connectivity index (χ4n) is 5.39. The fourth-order valence-corrected chi connectivity index (χ4v) is 7.45. The Balaban J connectivity index is 1.32. The van der Waals surface area contributed by atoms with E-state index >= 15 is 0 Å². The normalized spacial score (nSPS) is 25.7. The molecule has 0 bridgehead atoms. The van der Waals surface area contributed by atoms with Gasteiger partial charge >= 0.3 is 9.15 Å². The quantitative estimate of drug-likeness (QED) is 0.168. The van der Waals surface area contributed by atoms with Gasteiger partial charge in [0.2, 0.25) is 0 Å². The second kappa shape index (κ2) is 19.2. The summed E-state index contributed by atoms with van der Waals surface area (Å²) in [5.41, 5.74) is 0. The Morgan fingerprint density at radius 1 is 0.686 bits per heavy atom. The van der Waals surface area contributed by atoms with Gasteiger partial charge in [0.25, 0.3) is 0 Å². The average molecular weight is 537 g/mol. The molecule has 0 spiro atoms. The highest BCUT2D eigenvalue weighted by Gasteiger charge is 2.21. The third-order valence-corrected chi connectivity index (χ3v) is 10.5. The summed E-state index contributed by atoms with van der Waals surface area (Å²) < 4.78 is 40.0. The molecule has 2 rings (SSSR count). The summed E-state index contributed by atoms with van der Waals surface area (Å²) in [5.74, 6) is 2.23. The highest BCUT2D eigenvalue weighted by atomic mass is 33.1. The maximum absolute atomic E-state index is 12.0. The highest BCUT2D eigenvalue weighted by molar-refractivity contribution is 8.70. The number of methoxy groups -OCH3 is 2. The minimum absolute atomic E-state index is 0.204. The smallest absolute Gasteiger partial charge is 0.322 e. The van der Waals surface area contributed by atoms with Crippen molar-refractivity contribution < 1.29 is 22.1 Å². The lowest BCUT2D eigenvalue weighted by molar-refractivity contribution is 0.0551. The molecule has 0 aromatic carbocycles. The number of nitrogens with one attached hydrogen (secondary N) is 2. The summed E-state index contributed by atoms with van der Waals surface area (Å²) in [7, 11) is 1.03. The van der Waals surface area contributed by atoms with Crippen molar-refractivity contribution in [1.82, 2.24) is 10.6 Å². The monoisotopic (exact) mass is 536 g/mol. The van der Waals surface area contributed by atoms with E-state index in [0.717, 1.165) is 48.6 Å². The van der Waals surface area contributed by atoms with Crippen molar-refractivity contribution in [1.29, 1.82) is 0 Å². The summed E-state index contributed by atoms with van der Waals surface area (Å²) in [6, 6.07) is 0. The predicted molar refractivity (Wildman–Crippen MR) is 146 cm³/mol. The Morgan fingerprint density at radius 2 is 1.17 bits per heavy atom. The lowest BCUT2D eigenvalue weighted by Gasteiger charge is -2.27. The topological polar surface area (TPSA) is 85.9 Å². The second-order valence-electron chi connectivity index (χ2n) is 10.3. The van der Waals surface area contributed by atoms with Crippen LogP contribution in [0.25, 0.3) is 0 Å². The molecule has 2 saturated carbocycles. The Morgan fingerprint density at radius 3 is 1.66 bits per heavy atom. The summed E-state index contributed by atoms with van der Waals surface area (Å²) >= 11 is 0. The first-order valence-electron chi connectivity index (χ1n) is 14.0. The van der Waals surface area contributed by atoms with Gasteiger partial charge in [-0.3, -0.25) is 4.18 Å². The van der Waals surface area contributed by atoms with E-state index in [1.54, 1.807) is 0 Å². The van der Waals surface area contributed by atoms with Crippen LogP contribution in [0.2, 0.25) is 0 Å². The molecular weight excluding hydrogens is 484 g/mol. The predicted octanol–water partition coefficient (Wildman–Crippen LogP) is 4.91. The Hall–Kier alpha value is 0.1000. The van der Waals surface area contributed by atoms with Crippen molar-refractivity contribution in [2.75, 3.05) is 52.8 Å². The summed E-state index contributed by atoms with van der Waals surface area (Å²) in [6.45, 7) is 3.34. The number of hydrogen-bond acceptors (Lipinski definition) is 8. The van der Waals surface area contributed by atoms with E-state index in [9.17, 15) is 8.42 Å². The molecule has 7 nitrogen and oxygen atoms in total. The first-order chi connectivity index (χ1) is 17.0. The third kappa shape index (κ3) is 15.2. The molecule has 0 atom stereocenters. The van der Waals surface area contributed by atoms with Crippen LogP contribution < -0.4 is 10.6 Å². The summed E-state index contributed by atoms with van der Waals surface area (Å²) in [4.78, 5) is 0. The van der Waals surface area contributed by atoms with Gasteiger partial charge in [-0.15, -0.1) is 0 Å². The molecule has 0 aromatic rings. The molecule has 0 radical (unpaired) electrons. The summed E-state index contributed by atoms with van der Waals surface area (Å²) in [6.07, 6.45) is 18.3. The van der Waals surface area contributed by atoms with Crippen LogP contribution in [0.15, 0.2) is 0 Å². The molecule has 0 aliphatic heterocycles. The Kier molecular flexibility index (Phi) is 17.2. The van der Waals surface area contributed by atoms with Crippen LogP contribution in [0.4, 0.5) is 0 Å². The molecule has 2 N–H and O–H groups in total. The van der Waals surface area contributed by atoms with Gasteiger partial charge in [0.15, 0.2) is 0 Å². The van der Waals surface area contributed by atoms with Gasteiger partial charge < -0.3 is 20.1 Å². The summed E-state index contributed by atoms with van der Waals surface area (Å²) in [5, 5.41) is 6.66. The number of unbranched alkanes of at least 4 members (excludes halogenated alkanes) is 2. The number of ether oxygens (including phenoxy) is 2. The molecule has 0 unspecified atom stereocenters. The van der Waals surface area contributed by atoms with Gasteiger partial charge in [-0.05, 0) is 99.9 Å². The Bertz CT molecular complexity index is 561. The molecule has 0 saturated heterocycles. The molecule has 208 valence electrons. The van der Waals surface area contributed by atoms with Crippen molar-refractivity contribution >= 4 is 19.9 Å². The van der Waals surface area contributed by atoms with Gasteiger partial charge in [0.1, 0.15) is 0 Å². The van der Waals surface area contributed by atoms with E-state index in [1.807, 2.05) is 14.2 Å². The van der Waals surface area contributed by atoms with Crippen LogP contribution >= 0.6 is 10.8 Å². The lowest BCUT2D eigenvalue weighted by atomic mass is 9.84. The molecule has 0 amide bonds. The van der Waals surface area contributed by atoms with Crippen LogP contribution in [0.3, 0.4) is 0 Å². The molecule has 2 fully saturated rings. The van der Waals surface area contributed by atoms with Crippen LogP contribution in [-0.4, -0.2) is 73.4 Å². The molecule has 2 aliphatic rings. The van der Waals surface area contributed by atoms with Crippen LogP contribution in [-0.2, 0) is 22.8 Å². The largest absolute Gasteiger partial charge is 0.381 e. The van der Waals surface area contributed by atoms with Gasteiger partial charge in [-0.2, -0.15) is 8.42 Å². The van der Waals surface area contributed by atoms with Crippen LogP contribution in [0, 0.1) is 11.8 Å². The zero-order chi connectivity index (χ0) is 25.2. The minimum Gasteiger partial charge on any atom is -0.381 e. The van der Waals surface area contributed by atoms with Crippen molar-refractivity contribution in [3.8, 4) is 0 Å². The van der Waals surface area contributed by atoms with E-state index < -0.39 is 9.15 Å². The van der Waals surface area contributed by atoms with Crippen LogP contribution in [0.1, 0.15) is 89.9 Å². The van der Waals surface area contributed by atoms with Crippen LogP contribution in [0.5, 0.6) is 0 Å². The molecule has 0 heterocycles. The van der Waals surface area contributed by atoms with Crippen molar-refractivity contribution in [3.05, 3.63) is 0 Å². The zero-order valence-corrected chi connectivity index (χ0v) is 23.9. The van der Waals surface area contributed by atoms with E-state index in [-0.39, 0.29) is 6.61 Å². The van der Waals surface area contributed by atoms with Crippen molar-refractivity contribution in [2.24, 2.45) is 11.8 Å². The zero-order valence-electron chi connectivity index (χ0n) is 22.3. The maximum atomic E-state index is 12.0. The highest BCUT2D eigenvalue weighted by Crippen LogP contribution is 2.30. The van der Waals surface area contributed by atoms with Crippen molar-refractivity contribution in [3.63, 3.8) is 0 Å². The van der Waals surface area contributed by atoms with Crippen molar-refractivity contribution in [2.45, 2.75) is 102 Å². The second-order valence-corrected chi connectivity index (χ2v) is 13.9. The van der Waals surface area contributed by atoms with Gasteiger partial charge in [-0.25, -0.2) is 0 Å². The van der Waals surface area contributed by atoms with E-state index in [1.165, 1.54) is 77.0 Å². The first kappa shape index (κ1) is 31.3. The van der Waals surface area contributed by atoms with E-state index in [2.05, 4.69) is 10.6 Å². The molecule has 2 aliphatic carbocycles. The maximum Gasteiger partial charge on any atom is 0.322 e. The molecular formula is C26H52N2O5S2. The Labute approximate surface area is 219 Å². The van der Waals surface area contributed by atoms with E-state index in [0.29, 0.717) is 31.1 Å². The fraction of sp³-hybridized carbons (Fsp3) is 1.00. The lowest BCUT2D eigenvalue weighted by Crippen LogP contribution is -2.23. The van der Waals surface area contributed by atoms with Gasteiger partial charge in [0.05, 0.1) is 18.8 Å². The molecule has 0 aromatic heterocycles. The first-order valence-corrected chi connectivity index (χ1v) is 16.9. The molecule has 9 heteroatoms. The minimum atomic E-state index is -3.50. The number of hydrogen-bond donors (Lipinski definition) is 2. The SMILES string of the molecule is COC1CCC(CCCCNCCOS(=O)(=O)SCCNCCCCC2CCC(OC)CC2)CC1. The van der Waals surface area contributed by atoms with Gasteiger partial charge in [0, 0.05) is 33.1 Å². The van der Waals surface area contributed by atoms with E-state index in [4.69, 9.17) is 13.7 Å². The van der Waals surface area contributed by atoms with Gasteiger partial charge in [-0.1, -0.05) is 25.7 Å².